The second-order valence-electron chi connectivity index (χ2n) is 5.55. The fourth-order valence-corrected chi connectivity index (χ4v) is 2.95. The van der Waals surface area contributed by atoms with Crippen LogP contribution in [-0.4, -0.2) is 34.3 Å². The Morgan fingerprint density at radius 2 is 1.89 bits per heavy atom. The van der Waals surface area contributed by atoms with Crippen LogP contribution in [0.3, 0.4) is 0 Å². The highest BCUT2D eigenvalue weighted by atomic mass is 15.3. The minimum atomic E-state index is 0.615. The van der Waals surface area contributed by atoms with Crippen LogP contribution in [0.2, 0.25) is 0 Å². The molecule has 102 valence electrons. The van der Waals surface area contributed by atoms with Crippen molar-refractivity contribution in [2.45, 2.75) is 46.1 Å². The average Bonchev–Trinajstić information content (AvgIpc) is 2.83. The van der Waals surface area contributed by atoms with E-state index in [1.807, 2.05) is 16.9 Å². The molecular formula is C14H26N4. The highest BCUT2D eigenvalue weighted by Gasteiger charge is 2.30. The van der Waals surface area contributed by atoms with Crippen molar-refractivity contribution in [1.29, 1.82) is 0 Å². The number of nitrogen functional groups attached to an aromatic ring is 1. The summed E-state index contributed by atoms with van der Waals surface area (Å²) in [4.78, 5) is 2.56. The molecule has 0 amide bonds. The first kappa shape index (κ1) is 13.4. The van der Waals surface area contributed by atoms with Gasteiger partial charge >= 0.3 is 0 Å². The standard InChI is InChI=1S/C14H26N4/c1-3-14(4-2)6-9-17(10-7-14)11-12-18-8-5-13(15)16-18/h5,8H,3-4,6-7,9-12H2,1-2H3,(H2,15,16). The number of nitrogens with zero attached hydrogens (tertiary/aromatic N) is 3. The first-order chi connectivity index (χ1) is 8.67. The predicted molar refractivity (Wildman–Crippen MR) is 75.3 cm³/mol. The van der Waals surface area contributed by atoms with E-state index in [1.54, 1.807) is 0 Å². The van der Waals surface area contributed by atoms with Gasteiger partial charge in [0.1, 0.15) is 5.82 Å². The number of hydrogen-bond acceptors (Lipinski definition) is 3. The molecule has 0 saturated carbocycles. The van der Waals surface area contributed by atoms with Crippen LogP contribution in [0.15, 0.2) is 12.3 Å². The molecule has 1 saturated heterocycles. The van der Waals surface area contributed by atoms with E-state index >= 15 is 0 Å². The quantitative estimate of drug-likeness (QED) is 0.872. The van der Waals surface area contributed by atoms with E-state index in [9.17, 15) is 0 Å². The zero-order chi connectivity index (χ0) is 13.0. The van der Waals surface area contributed by atoms with Crippen LogP contribution in [0.4, 0.5) is 5.82 Å². The van der Waals surface area contributed by atoms with Crippen LogP contribution in [0.5, 0.6) is 0 Å². The maximum atomic E-state index is 5.61. The third-order valence-electron chi connectivity index (χ3n) is 4.72. The number of nitrogens with two attached hydrogens (primary N) is 1. The van der Waals surface area contributed by atoms with E-state index in [0.717, 1.165) is 13.1 Å². The molecule has 4 nitrogen and oxygen atoms in total. The first-order valence-corrected chi connectivity index (χ1v) is 7.19. The number of aromatic nitrogens is 2. The molecule has 1 aliphatic rings. The molecule has 0 unspecified atom stereocenters. The molecule has 0 spiro atoms. The molecule has 2 rings (SSSR count). The minimum absolute atomic E-state index is 0.615. The topological polar surface area (TPSA) is 47.1 Å². The lowest BCUT2D eigenvalue weighted by atomic mass is 9.74. The number of hydrogen-bond donors (Lipinski definition) is 1. The summed E-state index contributed by atoms with van der Waals surface area (Å²) in [5, 5.41) is 4.22. The van der Waals surface area contributed by atoms with E-state index in [2.05, 4.69) is 23.8 Å². The highest BCUT2D eigenvalue weighted by Crippen LogP contribution is 2.37. The lowest BCUT2D eigenvalue weighted by molar-refractivity contribution is 0.0924. The Hall–Kier alpha value is -1.03. The average molecular weight is 250 g/mol. The lowest BCUT2D eigenvalue weighted by Crippen LogP contribution is -2.40. The van der Waals surface area contributed by atoms with Gasteiger partial charge in [-0.1, -0.05) is 26.7 Å². The Labute approximate surface area is 110 Å². The van der Waals surface area contributed by atoms with Gasteiger partial charge in [0.2, 0.25) is 0 Å². The van der Waals surface area contributed by atoms with Crippen molar-refractivity contribution in [3.8, 4) is 0 Å². The molecule has 0 aliphatic carbocycles. The van der Waals surface area contributed by atoms with Gasteiger partial charge < -0.3 is 10.6 Å². The van der Waals surface area contributed by atoms with E-state index in [0.29, 0.717) is 11.2 Å². The highest BCUT2D eigenvalue weighted by molar-refractivity contribution is 5.23. The Bertz CT molecular complexity index is 358. The second-order valence-corrected chi connectivity index (χ2v) is 5.55. The normalized spacial score (nSPS) is 20.1. The molecule has 2 heterocycles. The molecule has 0 bridgehead atoms. The van der Waals surface area contributed by atoms with E-state index in [4.69, 9.17) is 5.73 Å². The molecular weight excluding hydrogens is 224 g/mol. The van der Waals surface area contributed by atoms with Gasteiger partial charge in [-0.25, -0.2) is 0 Å². The summed E-state index contributed by atoms with van der Waals surface area (Å²) in [5.41, 5.74) is 6.23. The van der Waals surface area contributed by atoms with Crippen LogP contribution in [-0.2, 0) is 6.54 Å². The van der Waals surface area contributed by atoms with Gasteiger partial charge in [-0.3, -0.25) is 4.68 Å². The summed E-state index contributed by atoms with van der Waals surface area (Å²) in [5.74, 6) is 0.615. The van der Waals surface area contributed by atoms with E-state index < -0.39 is 0 Å². The van der Waals surface area contributed by atoms with Gasteiger partial charge in [-0.05, 0) is 37.4 Å². The van der Waals surface area contributed by atoms with Gasteiger partial charge in [-0.15, -0.1) is 0 Å². The zero-order valence-corrected chi connectivity index (χ0v) is 11.7. The second kappa shape index (κ2) is 5.74. The van der Waals surface area contributed by atoms with Crippen molar-refractivity contribution in [2.24, 2.45) is 5.41 Å². The van der Waals surface area contributed by atoms with Crippen molar-refractivity contribution in [1.82, 2.24) is 14.7 Å². The van der Waals surface area contributed by atoms with Crippen molar-refractivity contribution >= 4 is 5.82 Å². The van der Waals surface area contributed by atoms with Crippen molar-refractivity contribution in [2.75, 3.05) is 25.4 Å². The lowest BCUT2D eigenvalue weighted by Gasteiger charge is -2.41. The molecule has 1 fully saturated rings. The van der Waals surface area contributed by atoms with Crippen LogP contribution in [0.25, 0.3) is 0 Å². The fourth-order valence-electron chi connectivity index (χ4n) is 2.95. The number of likely N-dealkylation sites (tertiary alicyclic amines) is 1. The summed E-state index contributed by atoms with van der Waals surface area (Å²) in [7, 11) is 0. The van der Waals surface area contributed by atoms with Gasteiger partial charge in [-0.2, -0.15) is 5.10 Å². The zero-order valence-electron chi connectivity index (χ0n) is 11.7. The molecule has 1 aromatic heterocycles. The molecule has 1 aromatic rings. The van der Waals surface area contributed by atoms with Gasteiger partial charge in [0.25, 0.3) is 0 Å². The van der Waals surface area contributed by atoms with E-state index in [1.165, 1.54) is 38.8 Å². The Balaban J connectivity index is 1.77. The van der Waals surface area contributed by atoms with Crippen molar-refractivity contribution < 1.29 is 0 Å². The molecule has 0 aromatic carbocycles. The van der Waals surface area contributed by atoms with Crippen LogP contribution < -0.4 is 5.73 Å². The minimum Gasteiger partial charge on any atom is -0.382 e. The van der Waals surface area contributed by atoms with Gasteiger partial charge in [0.05, 0.1) is 6.54 Å². The third kappa shape index (κ3) is 3.05. The summed E-state index contributed by atoms with van der Waals surface area (Å²) in [6.07, 6.45) is 7.31. The number of anilines is 1. The van der Waals surface area contributed by atoms with Crippen LogP contribution >= 0.6 is 0 Å². The number of piperidine rings is 1. The fraction of sp³-hybridized carbons (Fsp3) is 0.786. The summed E-state index contributed by atoms with van der Waals surface area (Å²) >= 11 is 0. The third-order valence-corrected chi connectivity index (χ3v) is 4.72. The Morgan fingerprint density at radius 1 is 1.22 bits per heavy atom. The Morgan fingerprint density at radius 3 is 2.39 bits per heavy atom. The van der Waals surface area contributed by atoms with Gasteiger partial charge in [0.15, 0.2) is 0 Å². The molecule has 18 heavy (non-hydrogen) atoms. The molecule has 1 aliphatic heterocycles. The predicted octanol–water partition coefficient (Wildman–Crippen LogP) is 2.37. The maximum absolute atomic E-state index is 5.61. The first-order valence-electron chi connectivity index (χ1n) is 7.19. The molecule has 4 heteroatoms. The summed E-state index contributed by atoms with van der Waals surface area (Å²) < 4.78 is 1.94. The van der Waals surface area contributed by atoms with Crippen LogP contribution in [0.1, 0.15) is 39.5 Å². The smallest absolute Gasteiger partial charge is 0.145 e. The summed E-state index contributed by atoms with van der Waals surface area (Å²) in [6.45, 7) is 9.18. The van der Waals surface area contributed by atoms with E-state index in [-0.39, 0.29) is 0 Å². The SMILES string of the molecule is CCC1(CC)CCN(CCn2ccc(N)n2)CC1. The monoisotopic (exact) mass is 250 g/mol. The Kier molecular flexibility index (Phi) is 4.27. The maximum Gasteiger partial charge on any atom is 0.145 e. The van der Waals surface area contributed by atoms with Crippen LogP contribution in [0, 0.1) is 5.41 Å². The largest absolute Gasteiger partial charge is 0.382 e. The van der Waals surface area contributed by atoms with Crippen molar-refractivity contribution in [3.63, 3.8) is 0 Å². The molecule has 2 N–H and O–H groups in total. The number of rotatable bonds is 5. The van der Waals surface area contributed by atoms with Gasteiger partial charge in [0, 0.05) is 12.7 Å². The molecule has 0 atom stereocenters. The molecule has 0 radical (unpaired) electrons. The summed E-state index contributed by atoms with van der Waals surface area (Å²) in [6, 6.07) is 1.86. The van der Waals surface area contributed by atoms with Crippen molar-refractivity contribution in [3.05, 3.63) is 12.3 Å².